The number of rotatable bonds is 7. The molecule has 0 saturated heterocycles. The fraction of sp³-hybridized carbons (Fsp3) is 0. The zero-order valence-electron chi connectivity index (χ0n) is 21.4. The molecule has 0 amide bonds. The minimum atomic E-state index is -4.66. The Kier molecular flexibility index (Phi) is 12.9. The van der Waals surface area contributed by atoms with Crippen LogP contribution in [0.2, 0.25) is 10.0 Å². The summed E-state index contributed by atoms with van der Waals surface area (Å²) in [6, 6.07) is 23.9. The number of hydrogen-bond donors (Lipinski definition) is 0. The molecule has 0 radical (unpaired) electrons. The Balaban J connectivity index is 0.00000280. The Labute approximate surface area is 287 Å². The third kappa shape index (κ3) is 9.39. The molecule has 0 saturated carbocycles. The molecule has 0 aliphatic heterocycles. The maximum atomic E-state index is 11.3. The van der Waals surface area contributed by atoms with E-state index in [9.17, 15) is 25.9 Å². The Hall–Kier alpha value is -1.24. The molecule has 0 aromatic heterocycles. The summed E-state index contributed by atoms with van der Waals surface area (Å²) in [5.41, 5.74) is 4.76. The van der Waals surface area contributed by atoms with E-state index in [0.717, 1.165) is 22.3 Å². The molecule has 0 atom stereocenters. The van der Waals surface area contributed by atoms with Crippen LogP contribution in [-0.4, -0.2) is 25.9 Å². The fourth-order valence-electron chi connectivity index (χ4n) is 3.59. The molecule has 0 N–H and O–H groups in total. The number of halogens is 2. The summed E-state index contributed by atoms with van der Waals surface area (Å²) in [4.78, 5) is -0.911. The van der Waals surface area contributed by atoms with Crippen molar-refractivity contribution in [2.75, 3.05) is 0 Å². The molecule has 194 valence electrons. The summed E-state index contributed by atoms with van der Waals surface area (Å²) in [5, 5.41) is -0.228. The van der Waals surface area contributed by atoms with Gasteiger partial charge in [-0.3, -0.25) is 0 Å². The Bertz CT molecular complexity index is 1640. The predicted octanol–water partition coefficient (Wildman–Crippen LogP) is 0.817. The van der Waals surface area contributed by atoms with Gasteiger partial charge in [-0.25, -0.2) is 16.8 Å². The summed E-state index contributed by atoms with van der Waals surface area (Å²) < 4.78 is 68.0. The van der Waals surface area contributed by atoms with Gasteiger partial charge in [0.15, 0.2) is 0 Å². The quantitative estimate of drug-likeness (QED) is 0.170. The molecule has 0 heterocycles. The first kappa shape index (κ1) is 35.0. The van der Waals surface area contributed by atoms with Crippen LogP contribution >= 0.6 is 23.2 Å². The number of benzene rings is 4. The van der Waals surface area contributed by atoms with Crippen LogP contribution in [0.15, 0.2) is 94.7 Å². The molecule has 0 aliphatic rings. The van der Waals surface area contributed by atoms with Crippen LogP contribution in [-0.2, 0) is 20.2 Å². The zero-order valence-corrected chi connectivity index (χ0v) is 28.6. The average molecular weight is 631 g/mol. The molecular formula is C28H18Cl2Na2O6S2. The first-order valence-electron chi connectivity index (χ1n) is 11.0. The van der Waals surface area contributed by atoms with Crippen LogP contribution in [0.5, 0.6) is 0 Å². The van der Waals surface area contributed by atoms with Gasteiger partial charge >= 0.3 is 59.1 Å². The summed E-state index contributed by atoms with van der Waals surface area (Å²) in [6.45, 7) is 0. The Morgan fingerprint density at radius 3 is 1.05 bits per heavy atom. The van der Waals surface area contributed by atoms with Crippen molar-refractivity contribution in [3.05, 3.63) is 117 Å². The molecule has 4 aromatic carbocycles. The summed E-state index contributed by atoms with van der Waals surface area (Å²) in [7, 11) is -9.33. The maximum absolute atomic E-state index is 11.3. The third-order valence-corrected chi connectivity index (χ3v) is 8.18. The molecule has 0 fully saturated rings. The van der Waals surface area contributed by atoms with E-state index < -0.39 is 30.0 Å². The zero-order chi connectivity index (χ0) is 27.5. The standard InChI is InChI=1S/C28H20Cl2O6S2.2Na/c29-25-15-9-21(17-27(25)37(31,32)33)3-1-19-5-11-23(12-6-19)24-13-7-20(8-14-24)2-4-22-10-16-26(30)28(18-22)38(34,35)36;;/h1-18H,(H,31,32,33)(H,34,35,36);;/q;2*+1/p-2. The van der Waals surface area contributed by atoms with Crippen molar-refractivity contribution < 1.29 is 85.1 Å². The van der Waals surface area contributed by atoms with Crippen molar-refractivity contribution in [2.24, 2.45) is 0 Å². The van der Waals surface area contributed by atoms with Crippen LogP contribution in [0.1, 0.15) is 22.3 Å². The molecule has 0 unspecified atom stereocenters. The van der Waals surface area contributed by atoms with E-state index in [1.165, 1.54) is 24.3 Å². The predicted molar refractivity (Wildman–Crippen MR) is 149 cm³/mol. The van der Waals surface area contributed by atoms with Gasteiger partial charge in [0, 0.05) is 0 Å². The van der Waals surface area contributed by atoms with E-state index >= 15 is 0 Å². The summed E-state index contributed by atoms with van der Waals surface area (Å²) in [5.74, 6) is 0. The van der Waals surface area contributed by atoms with Gasteiger partial charge in [0.05, 0.1) is 19.8 Å². The summed E-state index contributed by atoms with van der Waals surface area (Å²) >= 11 is 11.6. The second-order valence-corrected chi connectivity index (χ2v) is 11.7. The van der Waals surface area contributed by atoms with Crippen molar-refractivity contribution >= 4 is 67.7 Å². The van der Waals surface area contributed by atoms with Gasteiger partial charge in [0.25, 0.3) is 0 Å². The van der Waals surface area contributed by atoms with E-state index in [1.807, 2.05) is 48.5 Å². The Morgan fingerprint density at radius 1 is 0.475 bits per heavy atom. The van der Waals surface area contributed by atoms with Gasteiger partial charge in [0.2, 0.25) is 0 Å². The van der Waals surface area contributed by atoms with Gasteiger partial charge in [-0.05, 0) is 57.6 Å². The van der Waals surface area contributed by atoms with E-state index in [-0.39, 0.29) is 69.2 Å². The Morgan fingerprint density at radius 2 is 0.750 bits per heavy atom. The fourth-order valence-corrected chi connectivity index (χ4v) is 5.57. The molecular weight excluding hydrogens is 613 g/mol. The van der Waals surface area contributed by atoms with Gasteiger partial charge in [-0.2, -0.15) is 0 Å². The second-order valence-electron chi connectivity index (χ2n) is 8.20. The molecule has 40 heavy (non-hydrogen) atoms. The van der Waals surface area contributed by atoms with Gasteiger partial charge < -0.3 is 9.11 Å². The van der Waals surface area contributed by atoms with Gasteiger partial charge in [-0.15, -0.1) is 0 Å². The van der Waals surface area contributed by atoms with Crippen LogP contribution < -0.4 is 59.1 Å². The van der Waals surface area contributed by atoms with E-state index in [1.54, 1.807) is 36.4 Å². The van der Waals surface area contributed by atoms with Crippen LogP contribution in [0, 0.1) is 0 Å². The molecule has 0 spiro atoms. The van der Waals surface area contributed by atoms with Crippen molar-refractivity contribution in [1.29, 1.82) is 0 Å². The first-order valence-corrected chi connectivity index (χ1v) is 14.5. The van der Waals surface area contributed by atoms with E-state index in [4.69, 9.17) is 23.2 Å². The monoisotopic (exact) mass is 630 g/mol. The molecule has 4 rings (SSSR count). The third-order valence-electron chi connectivity index (χ3n) is 5.54. The largest absolute Gasteiger partial charge is 1.00 e. The molecule has 12 heteroatoms. The average Bonchev–Trinajstić information content (AvgIpc) is 2.87. The maximum Gasteiger partial charge on any atom is 1.00 e. The van der Waals surface area contributed by atoms with Crippen LogP contribution in [0.4, 0.5) is 0 Å². The van der Waals surface area contributed by atoms with Crippen molar-refractivity contribution in [3.8, 4) is 11.1 Å². The normalized spacial score (nSPS) is 11.8. The van der Waals surface area contributed by atoms with Gasteiger partial charge in [0.1, 0.15) is 20.2 Å². The minimum Gasteiger partial charge on any atom is -0.744 e. The SMILES string of the molecule is O=S(=O)([O-])c1cc(C=Cc2ccc(-c3ccc(C=Cc4ccc(Cl)c(S(=O)(=O)[O-])c4)cc3)cc2)ccc1Cl.[Na+].[Na+]. The van der Waals surface area contributed by atoms with Crippen LogP contribution in [0.3, 0.4) is 0 Å². The van der Waals surface area contributed by atoms with Crippen molar-refractivity contribution in [3.63, 3.8) is 0 Å². The molecule has 0 aliphatic carbocycles. The van der Waals surface area contributed by atoms with Gasteiger partial charge in [-0.1, -0.05) is 108 Å². The van der Waals surface area contributed by atoms with E-state index in [0.29, 0.717) is 11.1 Å². The molecule has 4 aromatic rings. The topological polar surface area (TPSA) is 114 Å². The van der Waals surface area contributed by atoms with E-state index in [2.05, 4.69) is 0 Å². The van der Waals surface area contributed by atoms with Crippen LogP contribution in [0.25, 0.3) is 35.4 Å². The minimum absolute atomic E-state index is 0. The summed E-state index contributed by atoms with van der Waals surface area (Å²) in [6.07, 6.45) is 6.97. The molecule has 6 nitrogen and oxygen atoms in total. The molecule has 0 bridgehead atoms. The number of hydrogen-bond acceptors (Lipinski definition) is 6. The van der Waals surface area contributed by atoms with Crippen molar-refractivity contribution in [1.82, 2.24) is 0 Å². The second kappa shape index (κ2) is 14.8. The first-order chi connectivity index (χ1) is 17.9. The van der Waals surface area contributed by atoms with Crippen molar-refractivity contribution in [2.45, 2.75) is 9.79 Å². The smallest absolute Gasteiger partial charge is 0.744 e.